The number of piperidine rings is 1. The van der Waals surface area contributed by atoms with E-state index in [0.717, 1.165) is 0 Å². The predicted molar refractivity (Wildman–Crippen MR) is 136 cm³/mol. The lowest BCUT2D eigenvalue weighted by molar-refractivity contribution is 0.101. The van der Waals surface area contributed by atoms with Crippen LogP contribution in [-0.4, -0.2) is 54.3 Å². The third-order valence-electron chi connectivity index (χ3n) is 6.19. The van der Waals surface area contributed by atoms with Gasteiger partial charge in [0.15, 0.2) is 0 Å². The van der Waals surface area contributed by atoms with Crippen molar-refractivity contribution in [3.05, 3.63) is 83.7 Å². The van der Waals surface area contributed by atoms with E-state index < -0.39 is 15.9 Å². The number of aromatic nitrogens is 1. The fourth-order valence-corrected chi connectivity index (χ4v) is 5.51. The van der Waals surface area contributed by atoms with Crippen LogP contribution in [-0.2, 0) is 10.0 Å². The number of amides is 2. The molecular formula is C26H28N4O5S. The number of aryl methyl sites for hydroxylation is 1. The van der Waals surface area contributed by atoms with Gasteiger partial charge in [0, 0.05) is 30.8 Å². The summed E-state index contributed by atoms with van der Waals surface area (Å²) in [6.07, 6.45) is 2.66. The minimum atomic E-state index is -3.76. The summed E-state index contributed by atoms with van der Waals surface area (Å²) in [7, 11) is -3.76. The van der Waals surface area contributed by atoms with Crippen LogP contribution in [0.25, 0.3) is 0 Å². The van der Waals surface area contributed by atoms with Gasteiger partial charge in [0.05, 0.1) is 28.2 Å². The minimum Gasteiger partial charge on any atom is -0.396 e. The monoisotopic (exact) mass is 508 g/mol. The van der Waals surface area contributed by atoms with Crippen LogP contribution < -0.4 is 10.6 Å². The van der Waals surface area contributed by atoms with Gasteiger partial charge in [0.2, 0.25) is 10.0 Å². The van der Waals surface area contributed by atoms with Crippen molar-refractivity contribution >= 4 is 33.2 Å². The van der Waals surface area contributed by atoms with Crippen molar-refractivity contribution in [2.24, 2.45) is 5.92 Å². The van der Waals surface area contributed by atoms with Gasteiger partial charge in [0.1, 0.15) is 0 Å². The largest absolute Gasteiger partial charge is 0.396 e. The average molecular weight is 509 g/mol. The Bertz CT molecular complexity index is 1350. The molecule has 0 atom stereocenters. The number of rotatable bonds is 7. The second kappa shape index (κ2) is 11.0. The van der Waals surface area contributed by atoms with E-state index in [2.05, 4.69) is 15.6 Å². The van der Waals surface area contributed by atoms with Gasteiger partial charge in [-0.2, -0.15) is 4.31 Å². The van der Waals surface area contributed by atoms with Gasteiger partial charge < -0.3 is 15.7 Å². The number of benzene rings is 2. The molecule has 1 aliphatic rings. The van der Waals surface area contributed by atoms with Crippen molar-refractivity contribution in [1.29, 1.82) is 0 Å². The summed E-state index contributed by atoms with van der Waals surface area (Å²) < 4.78 is 27.6. The van der Waals surface area contributed by atoms with Crippen molar-refractivity contribution < 1.29 is 23.1 Å². The first kappa shape index (κ1) is 25.5. The molecule has 188 valence electrons. The number of hydrogen-bond acceptors (Lipinski definition) is 6. The van der Waals surface area contributed by atoms with Crippen molar-refractivity contribution in [3.63, 3.8) is 0 Å². The van der Waals surface area contributed by atoms with Crippen LogP contribution >= 0.6 is 0 Å². The van der Waals surface area contributed by atoms with Gasteiger partial charge in [-0.3, -0.25) is 14.6 Å². The Morgan fingerprint density at radius 2 is 1.64 bits per heavy atom. The van der Waals surface area contributed by atoms with Gasteiger partial charge >= 0.3 is 0 Å². The predicted octanol–water partition coefficient (Wildman–Crippen LogP) is 3.29. The van der Waals surface area contributed by atoms with E-state index >= 15 is 0 Å². The smallest absolute Gasteiger partial charge is 0.255 e. The van der Waals surface area contributed by atoms with Crippen LogP contribution in [0.3, 0.4) is 0 Å². The number of carbonyl (C=O) groups excluding carboxylic acids is 2. The summed E-state index contributed by atoms with van der Waals surface area (Å²) >= 11 is 0. The zero-order valence-electron chi connectivity index (χ0n) is 19.8. The Morgan fingerprint density at radius 1 is 0.972 bits per heavy atom. The number of hydrogen-bond donors (Lipinski definition) is 3. The van der Waals surface area contributed by atoms with E-state index in [-0.39, 0.29) is 28.9 Å². The van der Waals surface area contributed by atoms with Crippen molar-refractivity contribution in [3.8, 4) is 0 Å². The standard InChI is InChI=1S/C26H28N4O5S/c1-18-24(29-25(32)20-6-3-2-4-7-20)15-22(16-27-18)28-26(33)21-8-5-9-23(14-21)36(34,35)30-12-10-19(17-31)11-13-30/h2-9,14-16,19,31H,10-13,17H2,1H3,(H,28,33)(H,29,32). The third kappa shape index (κ3) is 5.78. The van der Waals surface area contributed by atoms with Crippen LogP contribution in [0.2, 0.25) is 0 Å². The fraction of sp³-hybridized carbons (Fsp3) is 0.269. The molecule has 4 rings (SSSR count). The number of aliphatic hydroxyl groups is 1. The molecular weight excluding hydrogens is 480 g/mol. The molecule has 2 amide bonds. The first-order chi connectivity index (χ1) is 17.3. The fourth-order valence-electron chi connectivity index (χ4n) is 3.99. The highest BCUT2D eigenvalue weighted by atomic mass is 32.2. The minimum absolute atomic E-state index is 0.0374. The Labute approximate surface area is 210 Å². The van der Waals surface area contributed by atoms with E-state index in [0.29, 0.717) is 48.6 Å². The van der Waals surface area contributed by atoms with Crippen LogP contribution in [0.4, 0.5) is 11.4 Å². The molecule has 36 heavy (non-hydrogen) atoms. The van der Waals surface area contributed by atoms with Crippen LogP contribution in [0.1, 0.15) is 39.3 Å². The molecule has 10 heteroatoms. The normalized spacial score (nSPS) is 14.8. The Kier molecular flexibility index (Phi) is 7.78. The number of carbonyl (C=O) groups is 2. The molecule has 1 aliphatic heterocycles. The highest BCUT2D eigenvalue weighted by molar-refractivity contribution is 7.89. The summed E-state index contributed by atoms with van der Waals surface area (Å²) in [6, 6.07) is 16.2. The second-order valence-corrected chi connectivity index (χ2v) is 10.6. The molecule has 0 aliphatic carbocycles. The molecule has 1 aromatic heterocycles. The Morgan fingerprint density at radius 3 is 2.33 bits per heavy atom. The summed E-state index contributed by atoms with van der Waals surface area (Å²) in [4.78, 5) is 29.7. The molecule has 0 spiro atoms. The lowest BCUT2D eigenvalue weighted by Crippen LogP contribution is -2.39. The second-order valence-electron chi connectivity index (χ2n) is 8.69. The van der Waals surface area contributed by atoms with E-state index in [1.165, 1.54) is 34.8 Å². The van der Waals surface area contributed by atoms with Crippen molar-refractivity contribution in [1.82, 2.24) is 9.29 Å². The average Bonchev–Trinajstić information content (AvgIpc) is 2.91. The lowest BCUT2D eigenvalue weighted by Gasteiger charge is -2.30. The zero-order valence-corrected chi connectivity index (χ0v) is 20.7. The molecule has 2 aromatic carbocycles. The molecule has 0 radical (unpaired) electrons. The Hall–Kier alpha value is -3.60. The zero-order chi connectivity index (χ0) is 25.7. The number of anilines is 2. The number of pyridine rings is 1. The SMILES string of the molecule is Cc1ncc(NC(=O)c2cccc(S(=O)(=O)N3CCC(CO)CC3)c2)cc1NC(=O)c1ccccc1. The number of aliphatic hydroxyl groups excluding tert-OH is 1. The van der Waals surface area contributed by atoms with Crippen LogP contribution in [0.5, 0.6) is 0 Å². The topological polar surface area (TPSA) is 129 Å². The molecule has 3 aromatic rings. The maximum Gasteiger partial charge on any atom is 0.255 e. The molecule has 1 saturated heterocycles. The number of nitrogens with zero attached hydrogens (tertiary/aromatic N) is 2. The first-order valence-electron chi connectivity index (χ1n) is 11.6. The summed E-state index contributed by atoms with van der Waals surface area (Å²) in [5.41, 5.74) is 2.05. The number of sulfonamides is 1. The molecule has 3 N–H and O–H groups in total. The maximum atomic E-state index is 13.1. The number of nitrogens with one attached hydrogen (secondary N) is 2. The summed E-state index contributed by atoms with van der Waals surface area (Å²) in [6.45, 7) is 2.45. The quantitative estimate of drug-likeness (QED) is 0.449. The molecule has 2 heterocycles. The van der Waals surface area contributed by atoms with Gasteiger partial charge in [0.25, 0.3) is 11.8 Å². The van der Waals surface area contributed by atoms with Crippen LogP contribution in [0.15, 0.2) is 71.8 Å². The van der Waals surface area contributed by atoms with E-state index in [4.69, 9.17) is 0 Å². The third-order valence-corrected chi connectivity index (χ3v) is 8.09. The molecule has 0 saturated carbocycles. The van der Waals surface area contributed by atoms with Gasteiger partial charge in [-0.05, 0) is 62.1 Å². The molecule has 0 bridgehead atoms. The summed E-state index contributed by atoms with van der Waals surface area (Å²) in [5, 5.41) is 14.8. The van der Waals surface area contributed by atoms with Crippen molar-refractivity contribution in [2.75, 3.05) is 30.3 Å². The van der Waals surface area contributed by atoms with Gasteiger partial charge in [-0.1, -0.05) is 24.3 Å². The highest BCUT2D eigenvalue weighted by Crippen LogP contribution is 2.25. The van der Waals surface area contributed by atoms with Crippen molar-refractivity contribution in [2.45, 2.75) is 24.7 Å². The summed E-state index contributed by atoms with van der Waals surface area (Å²) in [5.74, 6) is -0.694. The molecule has 0 unspecified atom stereocenters. The van der Waals surface area contributed by atoms with Gasteiger partial charge in [-0.15, -0.1) is 0 Å². The highest BCUT2D eigenvalue weighted by Gasteiger charge is 2.29. The molecule has 9 nitrogen and oxygen atoms in total. The molecule has 1 fully saturated rings. The van der Waals surface area contributed by atoms with Gasteiger partial charge in [-0.25, -0.2) is 8.42 Å². The lowest BCUT2D eigenvalue weighted by atomic mass is 10.00. The first-order valence-corrected chi connectivity index (χ1v) is 13.1. The van der Waals surface area contributed by atoms with Crippen LogP contribution in [0, 0.1) is 12.8 Å². The van der Waals surface area contributed by atoms with E-state index in [1.807, 2.05) is 6.07 Å². The Balaban J connectivity index is 1.48. The van der Waals surface area contributed by atoms with E-state index in [1.54, 1.807) is 37.3 Å². The van der Waals surface area contributed by atoms with E-state index in [9.17, 15) is 23.1 Å². The maximum absolute atomic E-state index is 13.1.